The van der Waals surface area contributed by atoms with Crippen molar-refractivity contribution in [3.63, 3.8) is 0 Å². The van der Waals surface area contributed by atoms with Crippen LogP contribution in [0.5, 0.6) is 0 Å². The monoisotopic (exact) mass is 430 g/mol. The molecule has 9 unspecified atom stereocenters. The van der Waals surface area contributed by atoms with E-state index in [1.165, 1.54) is 31.3 Å². The van der Waals surface area contributed by atoms with Crippen LogP contribution in [0, 0.1) is 46.3 Å². The third kappa shape index (κ3) is 3.48. The van der Waals surface area contributed by atoms with E-state index in [4.69, 9.17) is 0 Å². The highest BCUT2D eigenvalue weighted by molar-refractivity contribution is 5.81. The van der Waals surface area contributed by atoms with Gasteiger partial charge < -0.3 is 10.2 Å². The van der Waals surface area contributed by atoms with Crippen molar-refractivity contribution >= 4 is 5.78 Å². The van der Waals surface area contributed by atoms with Crippen LogP contribution in [0.2, 0.25) is 0 Å². The van der Waals surface area contributed by atoms with Gasteiger partial charge in [0.25, 0.3) is 0 Å². The molecule has 0 aromatic rings. The van der Waals surface area contributed by atoms with E-state index in [9.17, 15) is 15.0 Å². The van der Waals surface area contributed by atoms with E-state index in [0.717, 1.165) is 25.2 Å². The summed E-state index contributed by atoms with van der Waals surface area (Å²) >= 11 is 0. The Morgan fingerprint density at radius 2 is 1.84 bits per heavy atom. The second-order valence-electron chi connectivity index (χ2n) is 12.7. The second kappa shape index (κ2) is 7.97. The van der Waals surface area contributed by atoms with Gasteiger partial charge in [-0.2, -0.15) is 0 Å². The van der Waals surface area contributed by atoms with Gasteiger partial charge in [-0.25, -0.2) is 0 Å². The fourth-order valence-electron chi connectivity index (χ4n) is 8.95. The molecule has 3 nitrogen and oxygen atoms in total. The Morgan fingerprint density at radius 1 is 1.13 bits per heavy atom. The smallest absolute Gasteiger partial charge is 0.135 e. The van der Waals surface area contributed by atoms with Crippen LogP contribution in [0.4, 0.5) is 0 Å². The third-order valence-corrected chi connectivity index (χ3v) is 11.2. The standard InChI is InChI=1S/C28H46O3/c1-17(2)18(3)7-8-19(4)22-9-10-23-21-15-25(30)28(31)16-20(29)11-14-27(28,6)24(21)12-13-26(22,23)5/h17,19,21-25,30-31H,3,7-16H2,1-2,4-6H3. The highest BCUT2D eigenvalue weighted by Crippen LogP contribution is 2.69. The average molecular weight is 431 g/mol. The molecule has 0 saturated heterocycles. The minimum absolute atomic E-state index is 0.121. The molecule has 0 aliphatic heterocycles. The summed E-state index contributed by atoms with van der Waals surface area (Å²) in [6.45, 7) is 16.0. The molecule has 0 amide bonds. The van der Waals surface area contributed by atoms with E-state index in [2.05, 4.69) is 41.2 Å². The average Bonchev–Trinajstić information content (AvgIpc) is 3.05. The molecule has 0 heterocycles. The maximum Gasteiger partial charge on any atom is 0.135 e. The summed E-state index contributed by atoms with van der Waals surface area (Å²) in [6.07, 6.45) is 8.67. The Kier molecular flexibility index (Phi) is 6.04. The van der Waals surface area contributed by atoms with Gasteiger partial charge in [0.05, 0.1) is 6.10 Å². The van der Waals surface area contributed by atoms with Gasteiger partial charge in [-0.3, -0.25) is 4.79 Å². The molecule has 0 bridgehead atoms. The van der Waals surface area contributed by atoms with Crippen molar-refractivity contribution in [1.29, 1.82) is 0 Å². The summed E-state index contributed by atoms with van der Waals surface area (Å²) in [6, 6.07) is 0. The number of Topliss-reactive ketones (excluding diaryl/α,β-unsaturated/α-hetero) is 1. The molecule has 9 atom stereocenters. The fourth-order valence-corrected chi connectivity index (χ4v) is 8.95. The van der Waals surface area contributed by atoms with Gasteiger partial charge in [0.2, 0.25) is 0 Å². The Hall–Kier alpha value is -0.670. The van der Waals surface area contributed by atoms with E-state index in [1.807, 2.05) is 0 Å². The van der Waals surface area contributed by atoms with E-state index in [1.54, 1.807) is 0 Å². The topological polar surface area (TPSA) is 57.5 Å². The maximum atomic E-state index is 12.2. The first-order valence-corrected chi connectivity index (χ1v) is 13.0. The van der Waals surface area contributed by atoms with Crippen LogP contribution in [0.1, 0.15) is 98.8 Å². The summed E-state index contributed by atoms with van der Waals surface area (Å²) in [4.78, 5) is 12.2. The van der Waals surface area contributed by atoms with Crippen LogP contribution in [0.15, 0.2) is 12.2 Å². The Balaban J connectivity index is 1.54. The number of rotatable bonds is 5. The van der Waals surface area contributed by atoms with Crippen LogP contribution >= 0.6 is 0 Å². The van der Waals surface area contributed by atoms with Crippen molar-refractivity contribution in [2.75, 3.05) is 0 Å². The fraction of sp³-hybridized carbons (Fsp3) is 0.893. The normalized spacial score (nSPS) is 48.1. The van der Waals surface area contributed by atoms with E-state index < -0.39 is 11.7 Å². The molecule has 3 heteroatoms. The van der Waals surface area contributed by atoms with Gasteiger partial charge >= 0.3 is 0 Å². The quantitative estimate of drug-likeness (QED) is 0.532. The number of hydrogen-bond donors (Lipinski definition) is 2. The van der Waals surface area contributed by atoms with Crippen molar-refractivity contribution in [2.45, 2.75) is 111 Å². The summed E-state index contributed by atoms with van der Waals surface area (Å²) in [5.74, 6) is 3.70. The lowest BCUT2D eigenvalue weighted by molar-refractivity contribution is -0.248. The summed E-state index contributed by atoms with van der Waals surface area (Å²) in [7, 11) is 0. The van der Waals surface area contributed by atoms with Crippen LogP contribution in [0.3, 0.4) is 0 Å². The number of hydrogen-bond acceptors (Lipinski definition) is 3. The number of fused-ring (bicyclic) bond motifs is 5. The van der Waals surface area contributed by atoms with Gasteiger partial charge in [0.1, 0.15) is 11.4 Å². The molecule has 4 rings (SSSR count). The van der Waals surface area contributed by atoms with Gasteiger partial charge in [-0.15, -0.1) is 0 Å². The lowest BCUT2D eigenvalue weighted by Crippen LogP contribution is -2.68. The first kappa shape index (κ1) is 23.5. The van der Waals surface area contributed by atoms with E-state index in [0.29, 0.717) is 47.8 Å². The molecule has 176 valence electrons. The Bertz CT molecular complexity index is 728. The molecule has 2 N–H and O–H groups in total. The molecule has 4 aliphatic carbocycles. The number of carbonyl (C=O) groups excluding carboxylic acids is 1. The number of aliphatic hydroxyl groups excluding tert-OH is 1. The van der Waals surface area contributed by atoms with Crippen LogP contribution in [0.25, 0.3) is 0 Å². The SMILES string of the molecule is C=C(CCC(C)C1CCC2C3CC(O)C4(O)CC(=O)CCC4(C)C3CCC12C)C(C)C. The number of aliphatic hydroxyl groups is 2. The molecular formula is C28H46O3. The molecule has 0 aromatic carbocycles. The minimum Gasteiger partial charge on any atom is -0.390 e. The first-order valence-electron chi connectivity index (χ1n) is 13.0. The van der Waals surface area contributed by atoms with Crippen LogP contribution in [-0.2, 0) is 4.79 Å². The van der Waals surface area contributed by atoms with E-state index >= 15 is 0 Å². The molecule has 31 heavy (non-hydrogen) atoms. The molecule has 4 fully saturated rings. The lowest BCUT2D eigenvalue weighted by Gasteiger charge is -2.64. The van der Waals surface area contributed by atoms with Gasteiger partial charge in [0.15, 0.2) is 0 Å². The number of allylic oxidation sites excluding steroid dienone is 1. The van der Waals surface area contributed by atoms with Crippen molar-refractivity contribution in [3.05, 3.63) is 12.2 Å². The molecular weight excluding hydrogens is 384 g/mol. The lowest BCUT2D eigenvalue weighted by atomic mass is 9.42. The van der Waals surface area contributed by atoms with Gasteiger partial charge in [-0.05, 0) is 92.3 Å². The Morgan fingerprint density at radius 3 is 2.52 bits per heavy atom. The predicted octanol–water partition coefficient (Wildman–Crippen LogP) is 5.93. The number of ketones is 1. The molecule has 0 spiro atoms. The predicted molar refractivity (Wildman–Crippen MR) is 125 cm³/mol. The maximum absolute atomic E-state index is 12.2. The largest absolute Gasteiger partial charge is 0.390 e. The van der Waals surface area contributed by atoms with Gasteiger partial charge in [0, 0.05) is 18.3 Å². The number of carbonyl (C=O) groups is 1. The minimum atomic E-state index is -1.22. The zero-order valence-electron chi connectivity index (χ0n) is 20.6. The summed E-state index contributed by atoms with van der Waals surface area (Å²) in [5, 5.41) is 22.7. The van der Waals surface area contributed by atoms with Crippen LogP contribution in [-0.4, -0.2) is 27.7 Å². The summed E-state index contributed by atoms with van der Waals surface area (Å²) in [5.41, 5.74) is 0.170. The van der Waals surface area contributed by atoms with Crippen LogP contribution < -0.4 is 0 Å². The van der Waals surface area contributed by atoms with Crippen molar-refractivity contribution in [2.24, 2.45) is 46.3 Å². The first-order chi connectivity index (χ1) is 14.4. The highest BCUT2D eigenvalue weighted by Gasteiger charge is 2.67. The highest BCUT2D eigenvalue weighted by atomic mass is 16.3. The zero-order valence-corrected chi connectivity index (χ0v) is 20.6. The van der Waals surface area contributed by atoms with Crippen molar-refractivity contribution in [3.8, 4) is 0 Å². The van der Waals surface area contributed by atoms with Crippen molar-refractivity contribution in [1.82, 2.24) is 0 Å². The molecule has 0 aromatic heterocycles. The Labute approximate surface area is 190 Å². The van der Waals surface area contributed by atoms with Crippen molar-refractivity contribution < 1.29 is 15.0 Å². The zero-order chi connectivity index (χ0) is 22.8. The molecule has 0 radical (unpaired) electrons. The van der Waals surface area contributed by atoms with E-state index in [-0.39, 0.29) is 17.6 Å². The molecule has 4 aliphatic rings. The summed E-state index contributed by atoms with van der Waals surface area (Å²) < 4.78 is 0. The third-order valence-electron chi connectivity index (χ3n) is 11.2. The van der Waals surface area contributed by atoms with Gasteiger partial charge in [-0.1, -0.05) is 46.8 Å². The second-order valence-corrected chi connectivity index (χ2v) is 12.7. The molecule has 4 saturated carbocycles.